The van der Waals surface area contributed by atoms with Crippen molar-refractivity contribution in [3.05, 3.63) is 40.6 Å². The molecule has 144 valence electrons. The first-order chi connectivity index (χ1) is 12.8. The molecule has 0 aliphatic carbocycles. The van der Waals surface area contributed by atoms with Gasteiger partial charge in [-0.05, 0) is 42.0 Å². The molecule has 0 radical (unpaired) electrons. The average Bonchev–Trinajstić information content (AvgIpc) is 3.13. The molecule has 1 N–H and O–H groups in total. The molecule has 6 nitrogen and oxygen atoms in total. The molecule has 1 aromatic carbocycles. The van der Waals surface area contributed by atoms with Gasteiger partial charge in [0.2, 0.25) is 0 Å². The van der Waals surface area contributed by atoms with Crippen molar-refractivity contribution in [3.63, 3.8) is 0 Å². The van der Waals surface area contributed by atoms with E-state index in [4.69, 9.17) is 0 Å². The van der Waals surface area contributed by atoms with E-state index in [1.54, 1.807) is 24.3 Å². The number of carbonyl (C=O) groups is 1. The molecule has 1 aromatic heterocycles. The van der Waals surface area contributed by atoms with Gasteiger partial charge in [-0.1, -0.05) is 26.8 Å². The standard InChI is InChI=1S/C19H23N3O3S2/c1-4-6-18-21-27(24,25)17-11-14(20-19(23)16-7-5-10-26-16)8-9-15(17)22(18)12-13(2)3/h5,7-11,13H,4,6,12H2,1-3H3,(H,20,23). The summed E-state index contributed by atoms with van der Waals surface area (Å²) in [6.45, 7) is 6.85. The summed E-state index contributed by atoms with van der Waals surface area (Å²) in [6.07, 6.45) is 1.41. The van der Waals surface area contributed by atoms with Crippen LogP contribution in [-0.4, -0.2) is 26.7 Å². The van der Waals surface area contributed by atoms with Crippen LogP contribution in [0, 0.1) is 5.92 Å². The van der Waals surface area contributed by atoms with Crippen LogP contribution in [-0.2, 0) is 10.0 Å². The molecule has 0 spiro atoms. The van der Waals surface area contributed by atoms with E-state index in [-0.39, 0.29) is 10.8 Å². The third kappa shape index (κ3) is 4.22. The molecule has 1 aliphatic heterocycles. The summed E-state index contributed by atoms with van der Waals surface area (Å²) in [6, 6.07) is 8.51. The maximum atomic E-state index is 12.7. The van der Waals surface area contributed by atoms with Crippen molar-refractivity contribution in [3.8, 4) is 0 Å². The highest BCUT2D eigenvalue weighted by Crippen LogP contribution is 2.35. The van der Waals surface area contributed by atoms with Crippen LogP contribution >= 0.6 is 11.3 Å². The number of hydrogen-bond acceptors (Lipinski definition) is 5. The Hall–Kier alpha value is -2.19. The Kier molecular flexibility index (Phi) is 5.67. The van der Waals surface area contributed by atoms with Crippen molar-refractivity contribution in [2.24, 2.45) is 10.3 Å². The van der Waals surface area contributed by atoms with E-state index in [0.29, 0.717) is 41.0 Å². The van der Waals surface area contributed by atoms with Crippen molar-refractivity contribution in [1.82, 2.24) is 0 Å². The van der Waals surface area contributed by atoms with Gasteiger partial charge in [0.25, 0.3) is 15.9 Å². The zero-order chi connectivity index (χ0) is 19.6. The molecule has 2 heterocycles. The molecular weight excluding hydrogens is 382 g/mol. The minimum absolute atomic E-state index is 0.131. The number of benzene rings is 1. The smallest absolute Gasteiger partial charge is 0.286 e. The Morgan fingerprint density at radius 1 is 1.30 bits per heavy atom. The molecule has 0 saturated carbocycles. The number of rotatable bonds is 6. The molecule has 2 aromatic rings. The minimum atomic E-state index is -3.80. The fourth-order valence-electron chi connectivity index (χ4n) is 2.97. The topological polar surface area (TPSA) is 78.8 Å². The number of nitrogens with one attached hydrogen (secondary N) is 1. The van der Waals surface area contributed by atoms with Crippen molar-refractivity contribution in [2.45, 2.75) is 38.5 Å². The number of amidine groups is 1. The molecule has 8 heteroatoms. The van der Waals surface area contributed by atoms with Gasteiger partial charge in [-0.2, -0.15) is 8.42 Å². The maximum absolute atomic E-state index is 12.7. The van der Waals surface area contributed by atoms with Crippen molar-refractivity contribution >= 4 is 44.5 Å². The number of hydrogen-bond donors (Lipinski definition) is 1. The van der Waals surface area contributed by atoms with Gasteiger partial charge in [0.05, 0.1) is 10.6 Å². The summed E-state index contributed by atoms with van der Waals surface area (Å²) in [5.41, 5.74) is 1.06. The summed E-state index contributed by atoms with van der Waals surface area (Å²) in [4.78, 5) is 14.9. The molecule has 1 amide bonds. The van der Waals surface area contributed by atoms with E-state index >= 15 is 0 Å². The summed E-state index contributed by atoms with van der Waals surface area (Å²) in [7, 11) is -3.80. The monoisotopic (exact) mass is 405 g/mol. The molecule has 0 unspecified atom stereocenters. The van der Waals surface area contributed by atoms with E-state index in [1.165, 1.54) is 17.4 Å². The summed E-state index contributed by atoms with van der Waals surface area (Å²) in [5, 5.41) is 4.58. The van der Waals surface area contributed by atoms with Gasteiger partial charge in [-0.15, -0.1) is 15.7 Å². The van der Waals surface area contributed by atoms with Gasteiger partial charge in [0.1, 0.15) is 10.7 Å². The number of fused-ring (bicyclic) bond motifs is 1. The van der Waals surface area contributed by atoms with Gasteiger partial charge in [0.15, 0.2) is 0 Å². The molecule has 1 aliphatic rings. The maximum Gasteiger partial charge on any atom is 0.286 e. The molecular formula is C19H23N3O3S2. The molecule has 0 bridgehead atoms. The molecule has 0 atom stereocenters. The number of amides is 1. The second-order valence-corrected chi connectivity index (χ2v) is 9.37. The molecule has 27 heavy (non-hydrogen) atoms. The third-order valence-electron chi connectivity index (χ3n) is 4.09. The Morgan fingerprint density at radius 3 is 2.70 bits per heavy atom. The predicted octanol–water partition coefficient (Wildman–Crippen LogP) is 4.36. The van der Waals surface area contributed by atoms with Crippen molar-refractivity contribution in [2.75, 3.05) is 16.8 Å². The lowest BCUT2D eigenvalue weighted by molar-refractivity contribution is 0.103. The highest BCUT2D eigenvalue weighted by molar-refractivity contribution is 7.90. The van der Waals surface area contributed by atoms with Gasteiger partial charge in [0, 0.05) is 18.7 Å². The highest BCUT2D eigenvalue weighted by atomic mass is 32.2. The largest absolute Gasteiger partial charge is 0.328 e. The molecule has 0 saturated heterocycles. The van der Waals surface area contributed by atoms with E-state index in [0.717, 1.165) is 6.42 Å². The van der Waals surface area contributed by atoms with Crippen LogP contribution in [0.4, 0.5) is 11.4 Å². The van der Waals surface area contributed by atoms with Gasteiger partial charge >= 0.3 is 0 Å². The van der Waals surface area contributed by atoms with Crippen molar-refractivity contribution in [1.29, 1.82) is 0 Å². The van der Waals surface area contributed by atoms with Gasteiger partial charge in [-0.25, -0.2) is 0 Å². The first-order valence-corrected chi connectivity index (χ1v) is 11.2. The fourth-order valence-corrected chi connectivity index (χ4v) is 4.87. The van der Waals surface area contributed by atoms with Crippen LogP contribution in [0.2, 0.25) is 0 Å². The summed E-state index contributed by atoms with van der Waals surface area (Å²) in [5.74, 6) is 0.667. The average molecular weight is 406 g/mol. The number of sulfonamides is 1. The quantitative estimate of drug-likeness (QED) is 0.774. The first kappa shape index (κ1) is 19.6. The lowest BCUT2D eigenvalue weighted by Gasteiger charge is -2.32. The summed E-state index contributed by atoms with van der Waals surface area (Å²) < 4.78 is 29.5. The lowest BCUT2D eigenvalue weighted by Crippen LogP contribution is -2.38. The Bertz CT molecular complexity index is 964. The van der Waals surface area contributed by atoms with Gasteiger partial charge in [-0.3, -0.25) is 4.79 Å². The second-order valence-electron chi connectivity index (χ2n) is 6.85. The highest BCUT2D eigenvalue weighted by Gasteiger charge is 2.31. The van der Waals surface area contributed by atoms with Crippen molar-refractivity contribution < 1.29 is 13.2 Å². The zero-order valence-electron chi connectivity index (χ0n) is 15.6. The molecule has 0 fully saturated rings. The van der Waals surface area contributed by atoms with E-state index in [9.17, 15) is 13.2 Å². The fraction of sp³-hybridized carbons (Fsp3) is 0.368. The Morgan fingerprint density at radius 2 is 2.07 bits per heavy atom. The predicted molar refractivity (Wildman–Crippen MR) is 110 cm³/mol. The van der Waals surface area contributed by atoms with Crippen LogP contribution in [0.3, 0.4) is 0 Å². The zero-order valence-corrected chi connectivity index (χ0v) is 17.2. The normalized spacial score (nSPS) is 15.4. The van der Waals surface area contributed by atoms with Gasteiger partial charge < -0.3 is 10.2 Å². The minimum Gasteiger partial charge on any atom is -0.328 e. The number of anilines is 2. The van der Waals surface area contributed by atoms with Crippen LogP contribution in [0.5, 0.6) is 0 Å². The third-order valence-corrected chi connectivity index (χ3v) is 6.29. The number of thiophene rings is 1. The Balaban J connectivity index is 1.99. The summed E-state index contributed by atoms with van der Waals surface area (Å²) >= 11 is 1.33. The number of nitrogens with zero attached hydrogens (tertiary/aromatic N) is 2. The SMILES string of the molecule is CCCC1=NS(=O)(=O)c2cc(NC(=O)c3cccs3)ccc2N1CC(C)C. The van der Waals surface area contributed by atoms with Crippen LogP contribution in [0.15, 0.2) is 45.0 Å². The molecule has 3 rings (SSSR count). The number of carbonyl (C=O) groups excluding carboxylic acids is 1. The van der Waals surface area contributed by atoms with E-state index < -0.39 is 10.0 Å². The Labute approximate surface area is 164 Å². The van der Waals surface area contributed by atoms with Crippen LogP contribution in [0.25, 0.3) is 0 Å². The van der Waals surface area contributed by atoms with E-state index in [2.05, 4.69) is 23.6 Å². The lowest BCUT2D eigenvalue weighted by atomic mass is 10.1. The second kappa shape index (κ2) is 7.82. The first-order valence-electron chi connectivity index (χ1n) is 8.92. The van der Waals surface area contributed by atoms with Crippen LogP contribution in [0.1, 0.15) is 43.3 Å². The van der Waals surface area contributed by atoms with Crippen LogP contribution < -0.4 is 10.2 Å². The van der Waals surface area contributed by atoms with E-state index in [1.807, 2.05) is 17.2 Å².